The lowest BCUT2D eigenvalue weighted by Crippen LogP contribution is -2.22. The Balaban J connectivity index is 2.38. The van der Waals surface area contributed by atoms with Crippen molar-refractivity contribution in [3.63, 3.8) is 0 Å². The van der Waals surface area contributed by atoms with Crippen LogP contribution < -0.4 is 5.69 Å². The maximum atomic E-state index is 11.5. The maximum Gasteiger partial charge on any atom is 0.347 e. The fourth-order valence-corrected chi connectivity index (χ4v) is 1.87. The summed E-state index contributed by atoms with van der Waals surface area (Å²) in [6, 6.07) is 1.52. The highest BCUT2D eigenvalue weighted by molar-refractivity contribution is 6.34. The lowest BCUT2D eigenvalue weighted by atomic mass is 10.3. The molecule has 0 saturated heterocycles. The molecular formula is C10H6Cl3N3O. The Morgan fingerprint density at radius 2 is 1.94 bits per heavy atom. The zero-order chi connectivity index (χ0) is 12.4. The molecule has 0 radical (unpaired) electrons. The molecule has 0 bridgehead atoms. The average Bonchev–Trinajstić information content (AvgIpc) is 2.27. The molecule has 0 amide bonds. The number of halogens is 3. The number of pyridine rings is 1. The first-order chi connectivity index (χ1) is 8.06. The first-order valence-corrected chi connectivity index (χ1v) is 5.71. The van der Waals surface area contributed by atoms with Gasteiger partial charge < -0.3 is 0 Å². The van der Waals surface area contributed by atoms with Crippen molar-refractivity contribution in [1.82, 2.24) is 14.5 Å². The molecule has 0 aliphatic carbocycles. The van der Waals surface area contributed by atoms with Crippen molar-refractivity contribution in [2.75, 3.05) is 0 Å². The molecule has 0 spiro atoms. The highest BCUT2D eigenvalue weighted by Gasteiger charge is 2.05. The second-order valence-corrected chi connectivity index (χ2v) is 4.51. The molecule has 2 heterocycles. The van der Waals surface area contributed by atoms with Gasteiger partial charge in [-0.1, -0.05) is 34.8 Å². The lowest BCUT2D eigenvalue weighted by molar-refractivity contribution is 0.725. The zero-order valence-electron chi connectivity index (χ0n) is 8.40. The molecule has 0 N–H and O–H groups in total. The minimum absolute atomic E-state index is 0.245. The van der Waals surface area contributed by atoms with Crippen LogP contribution in [0.1, 0.15) is 5.56 Å². The largest absolute Gasteiger partial charge is 0.347 e. The molecule has 2 rings (SSSR count). The Hall–Kier alpha value is -1.10. The van der Waals surface area contributed by atoms with E-state index < -0.39 is 5.69 Å². The molecular weight excluding hydrogens is 284 g/mol. The van der Waals surface area contributed by atoms with Gasteiger partial charge in [-0.05, 0) is 6.07 Å². The van der Waals surface area contributed by atoms with E-state index in [4.69, 9.17) is 34.8 Å². The summed E-state index contributed by atoms with van der Waals surface area (Å²) in [4.78, 5) is 19.0. The van der Waals surface area contributed by atoms with E-state index in [9.17, 15) is 4.79 Å². The molecule has 0 aliphatic heterocycles. The molecule has 2 aromatic heterocycles. The molecule has 88 valence electrons. The average molecular weight is 291 g/mol. The SMILES string of the molecule is O=c1ncc(Cl)cn1Cc1cnc(Cl)cc1Cl. The molecule has 0 unspecified atom stereocenters. The summed E-state index contributed by atoms with van der Waals surface area (Å²) in [6.45, 7) is 0.245. The molecule has 2 aromatic rings. The molecule has 0 atom stereocenters. The third kappa shape index (κ3) is 2.97. The van der Waals surface area contributed by atoms with Crippen LogP contribution in [0.4, 0.5) is 0 Å². The predicted molar refractivity (Wildman–Crippen MR) is 66.9 cm³/mol. The van der Waals surface area contributed by atoms with Gasteiger partial charge in [0.15, 0.2) is 0 Å². The van der Waals surface area contributed by atoms with Crippen LogP contribution in [0.5, 0.6) is 0 Å². The van der Waals surface area contributed by atoms with Gasteiger partial charge in [0, 0.05) is 18.0 Å². The van der Waals surface area contributed by atoms with Crippen molar-refractivity contribution < 1.29 is 0 Å². The molecule has 0 fully saturated rings. The highest BCUT2D eigenvalue weighted by atomic mass is 35.5. The second kappa shape index (κ2) is 5.04. The number of hydrogen-bond acceptors (Lipinski definition) is 3. The quantitative estimate of drug-likeness (QED) is 0.799. The molecule has 0 aliphatic rings. The van der Waals surface area contributed by atoms with Crippen molar-refractivity contribution in [2.24, 2.45) is 0 Å². The van der Waals surface area contributed by atoms with Gasteiger partial charge in [0.25, 0.3) is 0 Å². The number of rotatable bonds is 2. The van der Waals surface area contributed by atoms with Crippen LogP contribution in [0, 0.1) is 0 Å². The standard InChI is InChI=1S/C10H6Cl3N3O/c11-7-3-15-10(17)16(5-7)4-6-2-14-9(13)1-8(6)12/h1-3,5H,4H2. The van der Waals surface area contributed by atoms with E-state index >= 15 is 0 Å². The summed E-state index contributed by atoms with van der Waals surface area (Å²) in [5.74, 6) is 0. The number of nitrogens with zero attached hydrogens (tertiary/aromatic N) is 3. The Kier molecular flexibility index (Phi) is 3.66. The van der Waals surface area contributed by atoms with Gasteiger partial charge in [-0.2, -0.15) is 0 Å². The van der Waals surface area contributed by atoms with Crippen LogP contribution in [-0.2, 0) is 6.54 Å². The van der Waals surface area contributed by atoms with E-state index in [1.54, 1.807) is 0 Å². The second-order valence-electron chi connectivity index (χ2n) is 3.28. The van der Waals surface area contributed by atoms with Gasteiger partial charge in [-0.3, -0.25) is 4.57 Å². The van der Waals surface area contributed by atoms with Gasteiger partial charge in [-0.15, -0.1) is 0 Å². The van der Waals surface area contributed by atoms with Gasteiger partial charge in [0.2, 0.25) is 0 Å². The Morgan fingerprint density at radius 3 is 2.65 bits per heavy atom. The van der Waals surface area contributed by atoms with Crippen LogP contribution in [-0.4, -0.2) is 14.5 Å². The Morgan fingerprint density at radius 1 is 1.18 bits per heavy atom. The number of hydrogen-bond donors (Lipinski definition) is 0. The van der Waals surface area contributed by atoms with E-state index in [-0.39, 0.29) is 6.54 Å². The van der Waals surface area contributed by atoms with Crippen LogP contribution in [0.15, 0.2) is 29.5 Å². The van der Waals surface area contributed by atoms with Crippen molar-refractivity contribution in [1.29, 1.82) is 0 Å². The van der Waals surface area contributed by atoms with Gasteiger partial charge in [0.1, 0.15) is 5.15 Å². The fraction of sp³-hybridized carbons (Fsp3) is 0.100. The van der Waals surface area contributed by atoms with Crippen molar-refractivity contribution in [3.05, 3.63) is 55.9 Å². The minimum Gasteiger partial charge on any atom is -0.293 e. The lowest BCUT2D eigenvalue weighted by Gasteiger charge is -2.06. The van der Waals surface area contributed by atoms with E-state index in [1.807, 2.05) is 0 Å². The van der Waals surface area contributed by atoms with Crippen LogP contribution in [0.2, 0.25) is 15.2 Å². The van der Waals surface area contributed by atoms with Gasteiger partial charge >= 0.3 is 5.69 Å². The maximum absolute atomic E-state index is 11.5. The molecule has 17 heavy (non-hydrogen) atoms. The highest BCUT2D eigenvalue weighted by Crippen LogP contribution is 2.19. The van der Waals surface area contributed by atoms with Crippen molar-refractivity contribution in [3.8, 4) is 0 Å². The molecule has 4 nitrogen and oxygen atoms in total. The Bertz CT molecular complexity index is 612. The summed E-state index contributed by atoms with van der Waals surface area (Å²) in [7, 11) is 0. The Labute approximate surface area is 112 Å². The van der Waals surface area contributed by atoms with Gasteiger partial charge in [-0.25, -0.2) is 14.8 Å². The van der Waals surface area contributed by atoms with E-state index in [0.717, 1.165) is 0 Å². The first-order valence-electron chi connectivity index (χ1n) is 4.58. The van der Waals surface area contributed by atoms with Crippen molar-refractivity contribution in [2.45, 2.75) is 6.54 Å². The monoisotopic (exact) mass is 289 g/mol. The molecule has 0 saturated carbocycles. The van der Waals surface area contributed by atoms with Crippen LogP contribution in [0.25, 0.3) is 0 Å². The molecule has 7 heteroatoms. The first kappa shape index (κ1) is 12.4. The zero-order valence-corrected chi connectivity index (χ0v) is 10.7. The third-order valence-electron chi connectivity index (χ3n) is 2.06. The van der Waals surface area contributed by atoms with E-state index in [2.05, 4.69) is 9.97 Å². The van der Waals surface area contributed by atoms with E-state index in [0.29, 0.717) is 20.8 Å². The normalized spacial score (nSPS) is 10.5. The summed E-state index contributed by atoms with van der Waals surface area (Å²) in [5, 5.41) is 1.12. The predicted octanol–water partition coefficient (Wildman–Crippen LogP) is 2.65. The van der Waals surface area contributed by atoms with Crippen LogP contribution in [0.3, 0.4) is 0 Å². The van der Waals surface area contributed by atoms with Crippen molar-refractivity contribution >= 4 is 34.8 Å². The van der Waals surface area contributed by atoms with E-state index in [1.165, 1.54) is 29.2 Å². The summed E-state index contributed by atoms with van der Waals surface area (Å²) in [5.41, 5.74) is 0.266. The fourth-order valence-electron chi connectivity index (χ4n) is 1.28. The summed E-state index contributed by atoms with van der Waals surface area (Å²) in [6.07, 6.45) is 4.29. The smallest absolute Gasteiger partial charge is 0.293 e. The summed E-state index contributed by atoms with van der Waals surface area (Å²) >= 11 is 17.4. The topological polar surface area (TPSA) is 47.8 Å². The number of aromatic nitrogens is 3. The third-order valence-corrected chi connectivity index (χ3v) is 2.81. The van der Waals surface area contributed by atoms with Crippen LogP contribution >= 0.6 is 34.8 Å². The van der Waals surface area contributed by atoms with Gasteiger partial charge in [0.05, 0.1) is 22.8 Å². The molecule has 0 aromatic carbocycles. The summed E-state index contributed by atoms with van der Waals surface area (Å²) < 4.78 is 1.35. The minimum atomic E-state index is -0.402.